The zero-order chi connectivity index (χ0) is 25.6. The van der Waals surface area contributed by atoms with Crippen molar-refractivity contribution in [2.75, 3.05) is 44.7 Å². The first-order valence-corrected chi connectivity index (χ1v) is 13.1. The summed E-state index contributed by atoms with van der Waals surface area (Å²) in [5.41, 5.74) is 2.12. The molecule has 3 aromatic rings. The largest absolute Gasteiger partial charge is 0.381 e. The van der Waals surface area contributed by atoms with Crippen molar-refractivity contribution in [1.29, 1.82) is 0 Å². The number of aryl methyl sites for hydroxylation is 1. The maximum absolute atomic E-state index is 14.8. The summed E-state index contributed by atoms with van der Waals surface area (Å²) in [4.78, 5) is 27.9. The van der Waals surface area contributed by atoms with Gasteiger partial charge in [-0.3, -0.25) is 4.79 Å². The fourth-order valence-electron chi connectivity index (χ4n) is 5.09. The van der Waals surface area contributed by atoms with Crippen LogP contribution in [0.4, 0.5) is 16.0 Å². The van der Waals surface area contributed by atoms with Crippen molar-refractivity contribution in [3.05, 3.63) is 53.9 Å². The first-order valence-electron chi connectivity index (χ1n) is 13.1. The molecule has 196 valence electrons. The predicted octanol–water partition coefficient (Wildman–Crippen LogP) is 4.10. The smallest absolute Gasteiger partial charge is 0.251 e. The number of carbonyl (C=O) groups excluding carboxylic acids is 1. The van der Waals surface area contributed by atoms with Crippen molar-refractivity contribution in [3.63, 3.8) is 0 Å². The molecule has 5 rings (SSSR count). The molecule has 1 aromatic carbocycles. The SMILES string of the molecule is Cc1ncc(-c2nc(Nc3ccc(C(=O)NCCN4CCCCC4)cc3)ncc2F)n1C1CCOCC1. The summed E-state index contributed by atoms with van der Waals surface area (Å²) < 4.78 is 22.4. The van der Waals surface area contributed by atoms with Gasteiger partial charge in [-0.2, -0.15) is 0 Å². The molecule has 2 N–H and O–H groups in total. The summed E-state index contributed by atoms with van der Waals surface area (Å²) >= 11 is 0. The average molecular weight is 508 g/mol. The highest BCUT2D eigenvalue weighted by atomic mass is 19.1. The van der Waals surface area contributed by atoms with Crippen LogP contribution in [0.1, 0.15) is 54.3 Å². The number of halogens is 1. The summed E-state index contributed by atoms with van der Waals surface area (Å²) in [6.07, 6.45) is 8.31. The van der Waals surface area contributed by atoms with E-state index in [9.17, 15) is 9.18 Å². The lowest BCUT2D eigenvalue weighted by molar-refractivity contribution is 0.0694. The number of nitrogens with zero attached hydrogens (tertiary/aromatic N) is 5. The molecule has 0 aliphatic carbocycles. The number of piperidine rings is 1. The monoisotopic (exact) mass is 507 g/mol. The highest BCUT2D eigenvalue weighted by Gasteiger charge is 2.23. The van der Waals surface area contributed by atoms with Gasteiger partial charge in [-0.15, -0.1) is 0 Å². The summed E-state index contributed by atoms with van der Waals surface area (Å²) in [6.45, 7) is 7.00. The van der Waals surface area contributed by atoms with Gasteiger partial charge in [0.05, 0.1) is 18.1 Å². The number of aromatic nitrogens is 4. The normalized spacial score (nSPS) is 17.0. The number of likely N-dealkylation sites (tertiary alicyclic amines) is 1. The Kier molecular flexibility index (Phi) is 8.05. The van der Waals surface area contributed by atoms with Crippen LogP contribution >= 0.6 is 0 Å². The fourth-order valence-corrected chi connectivity index (χ4v) is 5.09. The van der Waals surface area contributed by atoms with E-state index in [1.54, 1.807) is 30.5 Å². The standard InChI is InChI=1S/C27H34FN7O2/c1-19-30-18-24(35(19)22-9-15-37-16-10-22)25-23(28)17-31-27(33-25)32-21-7-5-20(6-8-21)26(36)29-11-14-34-12-3-2-4-13-34/h5-8,17-18,22H,2-4,9-16H2,1H3,(H,29,36)(H,31,32,33). The van der Waals surface area contributed by atoms with E-state index in [1.807, 2.05) is 6.92 Å². The van der Waals surface area contributed by atoms with E-state index in [-0.39, 0.29) is 23.6 Å². The number of hydrogen-bond acceptors (Lipinski definition) is 7. The molecule has 4 heterocycles. The van der Waals surface area contributed by atoms with E-state index in [0.717, 1.165) is 38.3 Å². The number of nitrogens with one attached hydrogen (secondary N) is 2. The zero-order valence-electron chi connectivity index (χ0n) is 21.3. The molecule has 0 atom stereocenters. The number of hydrogen-bond donors (Lipinski definition) is 2. The second-order valence-electron chi connectivity index (χ2n) is 9.65. The van der Waals surface area contributed by atoms with E-state index in [4.69, 9.17) is 4.74 Å². The van der Waals surface area contributed by atoms with Gasteiger partial charge in [-0.25, -0.2) is 19.3 Å². The van der Waals surface area contributed by atoms with Crippen LogP contribution in [0.25, 0.3) is 11.4 Å². The molecule has 2 saturated heterocycles. The minimum atomic E-state index is -0.504. The van der Waals surface area contributed by atoms with Gasteiger partial charge in [0.2, 0.25) is 5.95 Å². The Labute approximate surface area is 216 Å². The first kappa shape index (κ1) is 25.3. The van der Waals surface area contributed by atoms with Gasteiger partial charge in [0.25, 0.3) is 5.91 Å². The maximum atomic E-state index is 14.8. The van der Waals surface area contributed by atoms with E-state index in [0.29, 0.717) is 36.7 Å². The maximum Gasteiger partial charge on any atom is 0.251 e. The molecule has 37 heavy (non-hydrogen) atoms. The quantitative estimate of drug-likeness (QED) is 0.474. The number of rotatable bonds is 8. The van der Waals surface area contributed by atoms with Crippen molar-refractivity contribution in [1.82, 2.24) is 29.7 Å². The van der Waals surface area contributed by atoms with Crippen LogP contribution in [0, 0.1) is 12.7 Å². The van der Waals surface area contributed by atoms with Crippen LogP contribution in [-0.4, -0.2) is 69.7 Å². The molecule has 2 fully saturated rings. The van der Waals surface area contributed by atoms with Crippen LogP contribution < -0.4 is 10.6 Å². The van der Waals surface area contributed by atoms with E-state index in [2.05, 4.69) is 35.1 Å². The molecule has 0 spiro atoms. The second kappa shape index (κ2) is 11.8. The molecule has 1 amide bonds. The second-order valence-corrected chi connectivity index (χ2v) is 9.65. The minimum absolute atomic E-state index is 0.0966. The van der Waals surface area contributed by atoms with Crippen molar-refractivity contribution >= 4 is 17.5 Å². The van der Waals surface area contributed by atoms with Gasteiger partial charge < -0.3 is 24.8 Å². The number of anilines is 2. The van der Waals surface area contributed by atoms with Crippen LogP contribution in [-0.2, 0) is 4.74 Å². The summed E-state index contributed by atoms with van der Waals surface area (Å²) in [5.74, 6) is 0.489. The Bertz CT molecular complexity index is 1200. The third kappa shape index (κ3) is 6.14. The van der Waals surface area contributed by atoms with Gasteiger partial charge >= 0.3 is 0 Å². The lowest BCUT2D eigenvalue weighted by atomic mass is 10.1. The Morgan fingerprint density at radius 3 is 2.59 bits per heavy atom. The van der Waals surface area contributed by atoms with Crippen LogP contribution in [0.15, 0.2) is 36.7 Å². The van der Waals surface area contributed by atoms with Gasteiger partial charge in [0, 0.05) is 43.6 Å². The summed E-state index contributed by atoms with van der Waals surface area (Å²) in [6, 6.07) is 7.29. The molecular weight excluding hydrogens is 473 g/mol. The highest BCUT2D eigenvalue weighted by Crippen LogP contribution is 2.31. The number of benzene rings is 1. The van der Waals surface area contributed by atoms with Gasteiger partial charge in [-0.1, -0.05) is 6.42 Å². The van der Waals surface area contributed by atoms with E-state index >= 15 is 0 Å². The molecule has 0 bridgehead atoms. The highest BCUT2D eigenvalue weighted by molar-refractivity contribution is 5.94. The van der Waals surface area contributed by atoms with Crippen LogP contribution in [0.5, 0.6) is 0 Å². The first-order chi connectivity index (χ1) is 18.1. The van der Waals surface area contributed by atoms with E-state index in [1.165, 1.54) is 25.5 Å². The number of amides is 1. The number of carbonyl (C=O) groups is 1. The lowest BCUT2D eigenvalue weighted by Gasteiger charge is -2.26. The summed E-state index contributed by atoms with van der Waals surface area (Å²) in [7, 11) is 0. The average Bonchev–Trinajstić information content (AvgIpc) is 3.32. The molecule has 0 unspecified atom stereocenters. The van der Waals surface area contributed by atoms with Crippen molar-refractivity contribution in [2.45, 2.75) is 45.1 Å². The number of imidazole rings is 1. The third-order valence-corrected chi connectivity index (χ3v) is 7.09. The fraction of sp³-hybridized carbons (Fsp3) is 0.481. The Morgan fingerprint density at radius 1 is 1.08 bits per heavy atom. The van der Waals surface area contributed by atoms with Crippen LogP contribution in [0.3, 0.4) is 0 Å². The third-order valence-electron chi connectivity index (χ3n) is 7.09. The molecule has 2 aliphatic heterocycles. The molecule has 2 aromatic heterocycles. The zero-order valence-corrected chi connectivity index (χ0v) is 21.3. The Hall–Kier alpha value is -3.37. The Balaban J connectivity index is 1.24. The van der Waals surface area contributed by atoms with E-state index < -0.39 is 5.82 Å². The lowest BCUT2D eigenvalue weighted by Crippen LogP contribution is -2.37. The van der Waals surface area contributed by atoms with Gasteiger partial charge in [0.15, 0.2) is 5.82 Å². The molecule has 0 saturated carbocycles. The minimum Gasteiger partial charge on any atom is -0.381 e. The van der Waals surface area contributed by atoms with Crippen molar-refractivity contribution < 1.29 is 13.9 Å². The van der Waals surface area contributed by atoms with Crippen LogP contribution in [0.2, 0.25) is 0 Å². The molecule has 0 radical (unpaired) electrons. The Morgan fingerprint density at radius 2 is 1.84 bits per heavy atom. The van der Waals surface area contributed by atoms with Crippen molar-refractivity contribution in [2.24, 2.45) is 0 Å². The predicted molar refractivity (Wildman–Crippen MR) is 139 cm³/mol. The van der Waals surface area contributed by atoms with Gasteiger partial charge in [-0.05, 0) is 70.0 Å². The summed E-state index contributed by atoms with van der Waals surface area (Å²) in [5, 5.41) is 6.12. The molecule has 10 heteroatoms. The van der Waals surface area contributed by atoms with Crippen molar-refractivity contribution in [3.8, 4) is 11.4 Å². The molecular formula is C27H34FN7O2. The molecule has 2 aliphatic rings. The number of ether oxygens (including phenoxy) is 1. The molecule has 9 nitrogen and oxygen atoms in total. The topological polar surface area (TPSA) is 97.2 Å². The van der Waals surface area contributed by atoms with Gasteiger partial charge in [0.1, 0.15) is 11.5 Å².